The van der Waals surface area contributed by atoms with Gasteiger partial charge in [-0.1, -0.05) is 6.07 Å². The van der Waals surface area contributed by atoms with Crippen LogP contribution in [0, 0.1) is 11.3 Å². The van der Waals surface area contributed by atoms with Crippen molar-refractivity contribution in [2.24, 2.45) is 0 Å². The number of methoxy groups -OCH3 is 3. The van der Waals surface area contributed by atoms with Crippen molar-refractivity contribution in [1.29, 1.82) is 5.26 Å². The molecular weight excluding hydrogens is 194 g/mol. The summed E-state index contributed by atoms with van der Waals surface area (Å²) >= 11 is 0. The molecule has 1 rings (SSSR count). The van der Waals surface area contributed by atoms with E-state index in [1.165, 1.54) is 7.11 Å². The molecule has 0 aliphatic heterocycles. The van der Waals surface area contributed by atoms with Crippen molar-refractivity contribution in [3.05, 3.63) is 23.8 Å². The normalized spacial score (nSPS) is 11.6. The highest BCUT2D eigenvalue weighted by Gasteiger charge is 2.12. The molecule has 15 heavy (non-hydrogen) atoms. The second-order valence-corrected chi connectivity index (χ2v) is 2.86. The van der Waals surface area contributed by atoms with E-state index in [0.717, 1.165) is 5.56 Å². The van der Waals surface area contributed by atoms with E-state index in [-0.39, 0.29) is 0 Å². The van der Waals surface area contributed by atoms with Crippen LogP contribution >= 0.6 is 0 Å². The second kappa shape index (κ2) is 5.23. The minimum absolute atomic E-state index is 0.579. The number of benzene rings is 1. The molecule has 4 heteroatoms. The van der Waals surface area contributed by atoms with Crippen LogP contribution in [-0.2, 0) is 4.74 Å². The third kappa shape index (κ3) is 2.39. The van der Waals surface area contributed by atoms with E-state index in [1.807, 2.05) is 6.07 Å². The van der Waals surface area contributed by atoms with Gasteiger partial charge in [0.25, 0.3) is 0 Å². The number of nitriles is 1. The van der Waals surface area contributed by atoms with Crippen LogP contribution in [0.4, 0.5) is 0 Å². The number of hydrogen-bond acceptors (Lipinski definition) is 4. The van der Waals surface area contributed by atoms with Crippen molar-refractivity contribution in [3.63, 3.8) is 0 Å². The van der Waals surface area contributed by atoms with Crippen LogP contribution < -0.4 is 9.47 Å². The largest absolute Gasteiger partial charge is 0.493 e. The molecule has 0 amide bonds. The molecule has 0 saturated heterocycles. The Kier molecular flexibility index (Phi) is 3.95. The minimum Gasteiger partial charge on any atom is -0.493 e. The highest BCUT2D eigenvalue weighted by atomic mass is 16.5. The molecule has 0 aliphatic rings. The maximum atomic E-state index is 8.82. The standard InChI is InChI=1S/C11H13NO3/c1-13-9-5-4-8(6-10(9)14-2)11(7-12)15-3/h4-6,11H,1-3H3/t11-/m1/s1. The summed E-state index contributed by atoms with van der Waals surface area (Å²) in [4.78, 5) is 0. The summed E-state index contributed by atoms with van der Waals surface area (Å²) in [5.74, 6) is 1.22. The monoisotopic (exact) mass is 207 g/mol. The molecule has 0 bridgehead atoms. The van der Waals surface area contributed by atoms with Gasteiger partial charge in [-0.05, 0) is 17.7 Å². The predicted octanol–water partition coefficient (Wildman–Crippen LogP) is 1.91. The van der Waals surface area contributed by atoms with Gasteiger partial charge in [-0.15, -0.1) is 0 Å². The first-order valence-corrected chi connectivity index (χ1v) is 4.41. The first-order valence-electron chi connectivity index (χ1n) is 4.41. The summed E-state index contributed by atoms with van der Waals surface area (Å²) in [6.45, 7) is 0. The number of nitrogens with zero attached hydrogens (tertiary/aromatic N) is 1. The quantitative estimate of drug-likeness (QED) is 0.756. The van der Waals surface area contributed by atoms with Crippen LogP contribution in [0.1, 0.15) is 11.7 Å². The number of rotatable bonds is 4. The van der Waals surface area contributed by atoms with E-state index < -0.39 is 6.10 Å². The summed E-state index contributed by atoms with van der Waals surface area (Å²) in [5.41, 5.74) is 0.748. The summed E-state index contributed by atoms with van der Waals surface area (Å²) in [7, 11) is 4.61. The van der Waals surface area contributed by atoms with Gasteiger partial charge in [-0.25, -0.2) is 0 Å². The Morgan fingerprint density at radius 2 is 1.80 bits per heavy atom. The summed E-state index contributed by atoms with van der Waals surface area (Å²) < 4.78 is 15.2. The minimum atomic E-state index is -0.579. The molecule has 1 atom stereocenters. The van der Waals surface area contributed by atoms with Gasteiger partial charge in [0.1, 0.15) is 0 Å². The van der Waals surface area contributed by atoms with E-state index in [4.69, 9.17) is 19.5 Å². The van der Waals surface area contributed by atoms with Gasteiger partial charge in [-0.2, -0.15) is 5.26 Å². The van der Waals surface area contributed by atoms with Crippen LogP contribution in [0.2, 0.25) is 0 Å². The van der Waals surface area contributed by atoms with Crippen molar-refractivity contribution in [2.75, 3.05) is 21.3 Å². The maximum absolute atomic E-state index is 8.82. The highest BCUT2D eigenvalue weighted by Crippen LogP contribution is 2.30. The lowest BCUT2D eigenvalue weighted by Crippen LogP contribution is -1.99. The van der Waals surface area contributed by atoms with Gasteiger partial charge in [0.05, 0.1) is 20.3 Å². The van der Waals surface area contributed by atoms with Gasteiger partial charge >= 0.3 is 0 Å². The van der Waals surface area contributed by atoms with Crippen LogP contribution in [0.25, 0.3) is 0 Å². The molecule has 1 aromatic carbocycles. The van der Waals surface area contributed by atoms with Crippen LogP contribution in [-0.4, -0.2) is 21.3 Å². The van der Waals surface area contributed by atoms with Gasteiger partial charge in [0.2, 0.25) is 0 Å². The van der Waals surface area contributed by atoms with Gasteiger partial charge in [0.15, 0.2) is 17.6 Å². The third-order valence-electron chi connectivity index (χ3n) is 2.06. The zero-order valence-electron chi connectivity index (χ0n) is 8.98. The average molecular weight is 207 g/mol. The Hall–Kier alpha value is -1.73. The highest BCUT2D eigenvalue weighted by molar-refractivity contribution is 5.44. The van der Waals surface area contributed by atoms with E-state index in [9.17, 15) is 0 Å². The summed E-state index contributed by atoms with van der Waals surface area (Å²) in [5, 5.41) is 8.82. The fraction of sp³-hybridized carbons (Fsp3) is 0.364. The molecule has 0 fully saturated rings. The van der Waals surface area contributed by atoms with Crippen molar-refractivity contribution < 1.29 is 14.2 Å². The number of ether oxygens (including phenoxy) is 3. The third-order valence-corrected chi connectivity index (χ3v) is 2.06. The number of hydrogen-bond donors (Lipinski definition) is 0. The predicted molar refractivity (Wildman–Crippen MR) is 54.9 cm³/mol. The molecule has 0 radical (unpaired) electrons. The molecule has 0 aliphatic carbocycles. The molecule has 80 valence electrons. The Morgan fingerprint density at radius 1 is 1.13 bits per heavy atom. The van der Waals surface area contributed by atoms with Gasteiger partial charge < -0.3 is 14.2 Å². The maximum Gasteiger partial charge on any atom is 0.168 e. The lowest BCUT2D eigenvalue weighted by molar-refractivity contribution is 0.148. The van der Waals surface area contributed by atoms with Crippen LogP contribution in [0.5, 0.6) is 11.5 Å². The lowest BCUT2D eigenvalue weighted by atomic mass is 10.1. The molecule has 0 N–H and O–H groups in total. The van der Waals surface area contributed by atoms with Crippen LogP contribution in [0.3, 0.4) is 0 Å². The first-order chi connectivity index (χ1) is 7.26. The van der Waals surface area contributed by atoms with E-state index in [2.05, 4.69) is 0 Å². The Bertz CT molecular complexity index is 371. The molecule has 0 unspecified atom stereocenters. The molecule has 0 aromatic heterocycles. The zero-order chi connectivity index (χ0) is 11.3. The molecular formula is C11H13NO3. The Balaban J connectivity index is 3.08. The summed E-state index contributed by atoms with van der Waals surface area (Å²) in [6.07, 6.45) is -0.579. The fourth-order valence-electron chi connectivity index (χ4n) is 1.28. The van der Waals surface area contributed by atoms with E-state index in [0.29, 0.717) is 11.5 Å². The van der Waals surface area contributed by atoms with Gasteiger partial charge in [0, 0.05) is 7.11 Å². The van der Waals surface area contributed by atoms with Crippen molar-refractivity contribution >= 4 is 0 Å². The topological polar surface area (TPSA) is 51.5 Å². The molecule has 1 aromatic rings. The lowest BCUT2D eigenvalue weighted by Gasteiger charge is -2.11. The molecule has 0 spiro atoms. The van der Waals surface area contributed by atoms with Crippen molar-refractivity contribution in [2.45, 2.75) is 6.10 Å². The van der Waals surface area contributed by atoms with Crippen molar-refractivity contribution in [1.82, 2.24) is 0 Å². The molecule has 4 nitrogen and oxygen atoms in total. The molecule has 0 saturated carbocycles. The fourth-order valence-corrected chi connectivity index (χ4v) is 1.28. The smallest absolute Gasteiger partial charge is 0.168 e. The Morgan fingerprint density at radius 3 is 2.27 bits per heavy atom. The first kappa shape index (κ1) is 11.3. The summed E-state index contributed by atoms with van der Waals surface area (Å²) in [6, 6.07) is 7.29. The SMILES string of the molecule is COc1ccc([C@@H](C#N)OC)cc1OC. The average Bonchev–Trinajstić information content (AvgIpc) is 2.30. The Labute approximate surface area is 89.0 Å². The van der Waals surface area contributed by atoms with E-state index >= 15 is 0 Å². The second-order valence-electron chi connectivity index (χ2n) is 2.86. The molecule has 0 heterocycles. The zero-order valence-corrected chi connectivity index (χ0v) is 8.98. The van der Waals surface area contributed by atoms with Crippen molar-refractivity contribution in [3.8, 4) is 17.6 Å². The van der Waals surface area contributed by atoms with E-state index in [1.54, 1.807) is 32.4 Å². The van der Waals surface area contributed by atoms with Gasteiger partial charge in [-0.3, -0.25) is 0 Å². The van der Waals surface area contributed by atoms with Crippen LogP contribution in [0.15, 0.2) is 18.2 Å².